The van der Waals surface area contributed by atoms with Crippen molar-refractivity contribution >= 4 is 40.3 Å². The number of hydrogen-bond acceptors (Lipinski definition) is 6. The maximum absolute atomic E-state index is 12.0. The zero-order valence-electron chi connectivity index (χ0n) is 16.5. The summed E-state index contributed by atoms with van der Waals surface area (Å²) >= 11 is 1.07. The summed E-state index contributed by atoms with van der Waals surface area (Å²) in [6.07, 6.45) is 3.71. The number of nitro benzene ring substituents is 1. The number of amidine groups is 1. The number of ether oxygens (including phenoxy) is 1. The molecule has 3 aromatic rings. The second-order valence-corrected chi connectivity index (χ2v) is 7.50. The molecule has 156 valence electrons. The number of carbonyl (C=O) groups excluding carboxylic acids is 1. The molecule has 1 fully saturated rings. The highest BCUT2D eigenvalue weighted by Gasteiger charge is 2.24. The van der Waals surface area contributed by atoms with E-state index in [0.29, 0.717) is 23.0 Å². The first-order chi connectivity index (χ1) is 15.0. The number of carbonyl (C=O) groups is 1. The Hall–Kier alpha value is -3.85. The molecule has 1 aromatic heterocycles. The summed E-state index contributed by atoms with van der Waals surface area (Å²) < 4.78 is 7.32. The molecular formula is C22H18N4O4S. The van der Waals surface area contributed by atoms with Gasteiger partial charge in [-0.25, -0.2) is 4.99 Å². The molecular weight excluding hydrogens is 416 g/mol. The molecule has 1 amide bonds. The van der Waals surface area contributed by atoms with Gasteiger partial charge >= 0.3 is 0 Å². The Balaban J connectivity index is 1.64. The first kappa shape index (κ1) is 20.4. The number of nitro groups is 1. The maximum atomic E-state index is 12.0. The number of benzene rings is 2. The van der Waals surface area contributed by atoms with Crippen LogP contribution < -0.4 is 10.1 Å². The fourth-order valence-corrected chi connectivity index (χ4v) is 3.76. The summed E-state index contributed by atoms with van der Waals surface area (Å²) in [4.78, 5) is 27.7. The molecule has 0 bridgehead atoms. The molecule has 0 spiro atoms. The molecule has 4 rings (SSSR count). The molecule has 31 heavy (non-hydrogen) atoms. The lowest BCUT2D eigenvalue weighted by atomic mass is 10.2. The molecule has 0 radical (unpaired) electrons. The average Bonchev–Trinajstić information content (AvgIpc) is 3.36. The molecule has 0 unspecified atom stereocenters. The topological polar surface area (TPSA) is 98.8 Å². The van der Waals surface area contributed by atoms with E-state index in [1.807, 2.05) is 60.2 Å². The van der Waals surface area contributed by atoms with E-state index in [-0.39, 0.29) is 10.9 Å². The quantitative estimate of drug-likeness (QED) is 0.419. The Morgan fingerprint density at radius 3 is 2.58 bits per heavy atom. The molecule has 1 aliphatic rings. The van der Waals surface area contributed by atoms with Gasteiger partial charge in [0.1, 0.15) is 11.6 Å². The second kappa shape index (κ2) is 8.88. The number of aliphatic imine (C=N–C) groups is 1. The van der Waals surface area contributed by atoms with Crippen molar-refractivity contribution < 1.29 is 14.5 Å². The van der Waals surface area contributed by atoms with Gasteiger partial charge in [0, 0.05) is 29.7 Å². The highest BCUT2D eigenvalue weighted by Crippen LogP contribution is 2.30. The number of nitrogens with zero attached hydrogens (tertiary/aromatic N) is 3. The largest absolute Gasteiger partial charge is 0.494 e. The van der Waals surface area contributed by atoms with Crippen molar-refractivity contribution in [3.05, 3.63) is 87.6 Å². The van der Waals surface area contributed by atoms with E-state index < -0.39 is 4.92 Å². The van der Waals surface area contributed by atoms with Gasteiger partial charge in [-0.1, -0.05) is 0 Å². The third-order valence-corrected chi connectivity index (χ3v) is 5.26. The van der Waals surface area contributed by atoms with Gasteiger partial charge in [-0.05, 0) is 73.3 Å². The Morgan fingerprint density at radius 2 is 1.90 bits per heavy atom. The van der Waals surface area contributed by atoms with Gasteiger partial charge in [0.2, 0.25) is 0 Å². The van der Waals surface area contributed by atoms with Crippen LogP contribution in [0, 0.1) is 10.1 Å². The summed E-state index contributed by atoms with van der Waals surface area (Å²) in [5.74, 6) is 1.23. The summed E-state index contributed by atoms with van der Waals surface area (Å²) in [6.45, 7) is 2.50. The lowest BCUT2D eigenvalue weighted by Crippen LogP contribution is -2.18. The van der Waals surface area contributed by atoms with Crippen LogP contribution in [0.3, 0.4) is 0 Å². The Bertz CT molecular complexity index is 1180. The standard InChI is InChI=1S/C22H18N4O4S/c1-2-30-19-11-5-15(6-12-19)23-21-20(31-22(27)24-21)14-18-4-3-13-25(18)16-7-9-17(10-8-16)26(28)29/h3-14H,2H2,1H3,(H,23,24,27)/b20-14-. The van der Waals surface area contributed by atoms with E-state index in [1.54, 1.807) is 12.1 Å². The summed E-state index contributed by atoms with van der Waals surface area (Å²) in [7, 11) is 0. The van der Waals surface area contributed by atoms with Crippen LogP contribution in [0.4, 0.5) is 16.2 Å². The monoisotopic (exact) mass is 434 g/mol. The number of aromatic nitrogens is 1. The molecule has 9 heteroatoms. The Kier molecular flexibility index (Phi) is 5.85. The number of thioether (sulfide) groups is 1. The van der Waals surface area contributed by atoms with Crippen LogP contribution in [0.5, 0.6) is 5.75 Å². The molecule has 0 saturated carbocycles. The molecule has 2 aromatic carbocycles. The third kappa shape index (κ3) is 4.67. The molecule has 2 heterocycles. The van der Waals surface area contributed by atoms with Crippen molar-refractivity contribution in [1.29, 1.82) is 0 Å². The second-order valence-electron chi connectivity index (χ2n) is 6.49. The van der Waals surface area contributed by atoms with Gasteiger partial charge in [0.15, 0.2) is 0 Å². The number of amides is 1. The Morgan fingerprint density at radius 1 is 1.16 bits per heavy atom. The average molecular weight is 434 g/mol. The van der Waals surface area contributed by atoms with Crippen LogP contribution in [-0.4, -0.2) is 27.2 Å². The van der Waals surface area contributed by atoms with Gasteiger partial charge in [-0.2, -0.15) is 0 Å². The molecule has 0 aliphatic carbocycles. The van der Waals surface area contributed by atoms with E-state index in [9.17, 15) is 14.9 Å². The van der Waals surface area contributed by atoms with Gasteiger partial charge < -0.3 is 14.6 Å². The fraction of sp³-hybridized carbons (Fsp3) is 0.0909. The lowest BCUT2D eigenvalue weighted by molar-refractivity contribution is -0.384. The van der Waals surface area contributed by atoms with E-state index in [4.69, 9.17) is 4.74 Å². The first-order valence-corrected chi connectivity index (χ1v) is 10.3. The minimum absolute atomic E-state index is 0.0294. The zero-order valence-corrected chi connectivity index (χ0v) is 17.3. The van der Waals surface area contributed by atoms with Crippen LogP contribution in [0.1, 0.15) is 12.6 Å². The van der Waals surface area contributed by atoms with E-state index >= 15 is 0 Å². The maximum Gasteiger partial charge on any atom is 0.289 e. The molecule has 0 atom stereocenters. The minimum atomic E-state index is -0.432. The van der Waals surface area contributed by atoms with Gasteiger partial charge in [0.25, 0.3) is 10.9 Å². The smallest absolute Gasteiger partial charge is 0.289 e. The first-order valence-electron chi connectivity index (χ1n) is 9.48. The lowest BCUT2D eigenvalue weighted by Gasteiger charge is -2.07. The van der Waals surface area contributed by atoms with Crippen LogP contribution in [0.2, 0.25) is 0 Å². The van der Waals surface area contributed by atoms with E-state index in [0.717, 1.165) is 28.9 Å². The fourth-order valence-electron chi connectivity index (χ4n) is 3.04. The number of nitrogens with one attached hydrogen (secondary N) is 1. The number of rotatable bonds is 6. The highest BCUT2D eigenvalue weighted by molar-refractivity contribution is 8.18. The summed E-state index contributed by atoms with van der Waals surface area (Å²) in [5.41, 5.74) is 2.31. The number of non-ortho nitro benzene ring substituents is 1. The Labute approximate surface area is 182 Å². The van der Waals surface area contributed by atoms with Crippen LogP contribution >= 0.6 is 11.8 Å². The van der Waals surface area contributed by atoms with Gasteiger partial charge in [0.05, 0.1) is 22.1 Å². The van der Waals surface area contributed by atoms with Crippen molar-refractivity contribution in [2.75, 3.05) is 6.61 Å². The van der Waals surface area contributed by atoms with Crippen molar-refractivity contribution in [1.82, 2.24) is 9.88 Å². The van der Waals surface area contributed by atoms with Gasteiger partial charge in [-0.3, -0.25) is 14.9 Å². The predicted molar refractivity (Wildman–Crippen MR) is 121 cm³/mol. The van der Waals surface area contributed by atoms with Crippen LogP contribution in [0.25, 0.3) is 11.8 Å². The van der Waals surface area contributed by atoms with Crippen molar-refractivity contribution in [3.8, 4) is 11.4 Å². The predicted octanol–water partition coefficient (Wildman–Crippen LogP) is 5.31. The van der Waals surface area contributed by atoms with Crippen molar-refractivity contribution in [3.63, 3.8) is 0 Å². The summed E-state index contributed by atoms with van der Waals surface area (Å²) in [6, 6.07) is 17.3. The molecule has 1 aliphatic heterocycles. The molecule has 8 nitrogen and oxygen atoms in total. The molecule has 1 N–H and O–H groups in total. The number of hydrogen-bond donors (Lipinski definition) is 1. The van der Waals surface area contributed by atoms with E-state index in [1.165, 1.54) is 12.1 Å². The van der Waals surface area contributed by atoms with Gasteiger partial charge in [-0.15, -0.1) is 0 Å². The highest BCUT2D eigenvalue weighted by atomic mass is 32.2. The van der Waals surface area contributed by atoms with Crippen molar-refractivity contribution in [2.24, 2.45) is 4.99 Å². The van der Waals surface area contributed by atoms with Crippen LogP contribution in [-0.2, 0) is 0 Å². The van der Waals surface area contributed by atoms with E-state index in [2.05, 4.69) is 10.3 Å². The van der Waals surface area contributed by atoms with Crippen LogP contribution in [0.15, 0.2) is 76.8 Å². The summed E-state index contributed by atoms with van der Waals surface area (Å²) in [5, 5.41) is 13.5. The molecule has 1 saturated heterocycles. The minimum Gasteiger partial charge on any atom is -0.494 e. The third-order valence-electron chi connectivity index (χ3n) is 4.44. The zero-order chi connectivity index (χ0) is 21.8. The normalized spacial score (nSPS) is 16.0. The van der Waals surface area contributed by atoms with Crippen molar-refractivity contribution in [2.45, 2.75) is 6.92 Å². The SMILES string of the molecule is CCOc1ccc(N=C2NC(=O)S/C2=C\c2cccn2-c2ccc([N+](=O)[O-])cc2)cc1.